The molecule has 1 aliphatic heterocycles. The average molecular weight is 380 g/mol. The lowest BCUT2D eigenvalue weighted by atomic mass is 9.99. The molecule has 0 spiro atoms. The smallest absolute Gasteiger partial charge is 0.334 e. The number of benzene rings is 1. The van der Waals surface area contributed by atoms with Crippen molar-refractivity contribution in [2.75, 3.05) is 31.1 Å². The van der Waals surface area contributed by atoms with Gasteiger partial charge in [-0.05, 0) is 45.0 Å². The van der Waals surface area contributed by atoms with Crippen molar-refractivity contribution in [2.24, 2.45) is 10.9 Å². The quantitative estimate of drug-likeness (QED) is 0.546. The van der Waals surface area contributed by atoms with Crippen LogP contribution in [0.4, 0.5) is 10.5 Å². The van der Waals surface area contributed by atoms with Crippen LogP contribution in [0.5, 0.6) is 0 Å². The Kier molecular flexibility index (Phi) is 6.88. The first kappa shape index (κ1) is 20.1. The number of hydrogen-bond acceptors (Lipinski definition) is 4. The van der Waals surface area contributed by atoms with Crippen LogP contribution in [0.1, 0.15) is 20.8 Å². The number of hydrogen-bond donors (Lipinski definition) is 2. The Bertz CT molecular complexity index is 714. The number of urea groups is 1. The number of halogens is 1. The highest BCUT2D eigenvalue weighted by molar-refractivity contribution is 6.35. The molecule has 8 heteroatoms. The molecular formula is C18H24ClN4O3+. The van der Waals surface area contributed by atoms with Gasteiger partial charge in [0.2, 0.25) is 5.91 Å². The summed E-state index contributed by atoms with van der Waals surface area (Å²) in [4.78, 5) is 43.9. The highest BCUT2D eigenvalue weighted by Crippen LogP contribution is 2.23. The van der Waals surface area contributed by atoms with Crippen LogP contribution < -0.4 is 15.1 Å². The van der Waals surface area contributed by atoms with Gasteiger partial charge < -0.3 is 4.90 Å². The SMILES string of the molecule is CC[NH+](CC)CCN=C(C)C1C(=O)NC(=O)N(c2ccc(Cl)cc2)C1=O. The molecule has 2 rings (SSSR count). The summed E-state index contributed by atoms with van der Waals surface area (Å²) < 4.78 is 0. The molecule has 1 aromatic carbocycles. The topological polar surface area (TPSA) is 83.3 Å². The van der Waals surface area contributed by atoms with Gasteiger partial charge in [-0.1, -0.05) is 11.6 Å². The summed E-state index contributed by atoms with van der Waals surface area (Å²) >= 11 is 5.85. The van der Waals surface area contributed by atoms with E-state index >= 15 is 0 Å². The summed E-state index contributed by atoms with van der Waals surface area (Å²) in [5, 5.41) is 2.72. The van der Waals surface area contributed by atoms with Crippen LogP contribution >= 0.6 is 11.6 Å². The third-order valence-electron chi connectivity index (χ3n) is 4.49. The molecule has 26 heavy (non-hydrogen) atoms. The van der Waals surface area contributed by atoms with Crippen LogP contribution in [0, 0.1) is 5.92 Å². The van der Waals surface area contributed by atoms with E-state index in [0.29, 0.717) is 23.0 Å². The van der Waals surface area contributed by atoms with Crippen LogP contribution in [0.3, 0.4) is 0 Å². The molecule has 2 N–H and O–H groups in total. The second-order valence-corrected chi connectivity index (χ2v) is 6.54. The fourth-order valence-corrected chi connectivity index (χ4v) is 2.99. The minimum absolute atomic E-state index is 0.356. The van der Waals surface area contributed by atoms with Crippen LogP contribution in [0.25, 0.3) is 0 Å². The van der Waals surface area contributed by atoms with Crippen LogP contribution in [-0.2, 0) is 9.59 Å². The lowest BCUT2D eigenvalue weighted by Gasteiger charge is -2.30. The van der Waals surface area contributed by atoms with Gasteiger partial charge in [-0.15, -0.1) is 0 Å². The monoisotopic (exact) mass is 379 g/mol. The highest BCUT2D eigenvalue weighted by atomic mass is 35.5. The predicted octanol–water partition coefficient (Wildman–Crippen LogP) is 0.925. The number of likely N-dealkylation sites (N-methyl/N-ethyl adjacent to an activating group) is 1. The van der Waals surface area contributed by atoms with Crippen molar-refractivity contribution in [1.82, 2.24) is 5.32 Å². The van der Waals surface area contributed by atoms with Crippen molar-refractivity contribution < 1.29 is 19.3 Å². The van der Waals surface area contributed by atoms with E-state index in [1.54, 1.807) is 31.2 Å². The van der Waals surface area contributed by atoms with Crippen molar-refractivity contribution >= 4 is 40.8 Å². The van der Waals surface area contributed by atoms with Gasteiger partial charge in [0.05, 0.1) is 31.9 Å². The molecule has 1 atom stereocenters. The van der Waals surface area contributed by atoms with Crippen LogP contribution in [0.2, 0.25) is 5.02 Å². The molecule has 4 amide bonds. The molecular weight excluding hydrogens is 356 g/mol. The Morgan fingerprint density at radius 3 is 2.38 bits per heavy atom. The number of barbiturate groups is 1. The number of anilines is 1. The molecule has 0 aromatic heterocycles. The van der Waals surface area contributed by atoms with E-state index in [4.69, 9.17) is 11.6 Å². The van der Waals surface area contributed by atoms with Gasteiger partial charge in [-0.2, -0.15) is 0 Å². The number of quaternary nitrogens is 1. The molecule has 1 aromatic rings. The predicted molar refractivity (Wildman–Crippen MR) is 101 cm³/mol. The summed E-state index contributed by atoms with van der Waals surface area (Å²) in [6.07, 6.45) is 0. The Morgan fingerprint density at radius 1 is 1.19 bits per heavy atom. The summed E-state index contributed by atoms with van der Waals surface area (Å²) in [6, 6.07) is 5.51. The number of rotatable bonds is 7. The van der Waals surface area contributed by atoms with Crippen molar-refractivity contribution in [2.45, 2.75) is 20.8 Å². The molecule has 0 saturated carbocycles. The first-order valence-electron chi connectivity index (χ1n) is 8.67. The number of carbonyl (C=O) groups is 3. The number of nitrogens with zero attached hydrogens (tertiary/aromatic N) is 2. The van der Waals surface area contributed by atoms with Gasteiger partial charge in [0.15, 0.2) is 5.92 Å². The minimum atomic E-state index is -1.10. The fraction of sp³-hybridized carbons (Fsp3) is 0.444. The molecule has 1 fully saturated rings. The van der Waals surface area contributed by atoms with E-state index in [9.17, 15) is 14.4 Å². The third kappa shape index (κ3) is 4.47. The van der Waals surface area contributed by atoms with E-state index in [-0.39, 0.29) is 0 Å². The zero-order valence-corrected chi connectivity index (χ0v) is 16.0. The zero-order valence-electron chi connectivity index (χ0n) is 15.2. The first-order chi connectivity index (χ1) is 12.4. The summed E-state index contributed by atoms with van der Waals surface area (Å²) in [5.41, 5.74) is 0.764. The molecule has 0 bridgehead atoms. The Hall–Kier alpha value is -2.25. The molecule has 1 unspecified atom stereocenters. The van der Waals surface area contributed by atoms with Crippen molar-refractivity contribution in [1.29, 1.82) is 0 Å². The van der Waals surface area contributed by atoms with Crippen LogP contribution in [0.15, 0.2) is 29.3 Å². The lowest BCUT2D eigenvalue weighted by Crippen LogP contribution is -3.11. The Balaban J connectivity index is 2.19. The Labute approximate surface area is 158 Å². The zero-order chi connectivity index (χ0) is 19.3. The molecule has 0 radical (unpaired) electrons. The van der Waals surface area contributed by atoms with Gasteiger partial charge in [-0.25, -0.2) is 9.69 Å². The van der Waals surface area contributed by atoms with E-state index < -0.39 is 23.8 Å². The summed E-state index contributed by atoms with van der Waals surface area (Å²) in [7, 11) is 0. The van der Waals surface area contributed by atoms with Crippen LogP contribution in [-0.4, -0.2) is 49.7 Å². The maximum absolute atomic E-state index is 12.8. The van der Waals surface area contributed by atoms with Crippen molar-refractivity contribution in [3.05, 3.63) is 29.3 Å². The van der Waals surface area contributed by atoms with Gasteiger partial charge in [-0.3, -0.25) is 19.9 Å². The first-order valence-corrected chi connectivity index (χ1v) is 9.05. The molecule has 1 heterocycles. The minimum Gasteiger partial charge on any atom is -0.334 e. The maximum atomic E-state index is 12.8. The molecule has 1 aliphatic rings. The molecule has 1 saturated heterocycles. The molecule has 140 valence electrons. The largest absolute Gasteiger partial charge is 0.335 e. The van der Waals surface area contributed by atoms with Gasteiger partial charge in [0.1, 0.15) is 0 Å². The van der Waals surface area contributed by atoms with E-state index in [1.807, 2.05) is 0 Å². The van der Waals surface area contributed by atoms with Gasteiger partial charge in [0.25, 0.3) is 5.91 Å². The summed E-state index contributed by atoms with van der Waals surface area (Å²) in [6.45, 7) is 9.18. The average Bonchev–Trinajstić information content (AvgIpc) is 2.60. The third-order valence-corrected chi connectivity index (χ3v) is 4.74. The normalized spacial score (nSPS) is 18.5. The molecule has 0 aliphatic carbocycles. The maximum Gasteiger partial charge on any atom is 0.335 e. The summed E-state index contributed by atoms with van der Waals surface area (Å²) in [5.74, 6) is -2.34. The highest BCUT2D eigenvalue weighted by Gasteiger charge is 2.42. The van der Waals surface area contributed by atoms with Crippen molar-refractivity contribution in [3.63, 3.8) is 0 Å². The number of carbonyl (C=O) groups excluding carboxylic acids is 3. The molecule has 7 nitrogen and oxygen atoms in total. The number of aliphatic imine (C=N–C) groups is 1. The van der Waals surface area contributed by atoms with Crippen molar-refractivity contribution in [3.8, 4) is 0 Å². The van der Waals surface area contributed by atoms with E-state index in [2.05, 4.69) is 24.2 Å². The number of nitrogens with one attached hydrogen (secondary N) is 2. The second kappa shape index (κ2) is 8.91. The lowest BCUT2D eigenvalue weighted by molar-refractivity contribution is -0.894. The number of amides is 4. The fourth-order valence-electron chi connectivity index (χ4n) is 2.86. The number of imide groups is 2. The van der Waals surface area contributed by atoms with Gasteiger partial charge >= 0.3 is 6.03 Å². The Morgan fingerprint density at radius 2 is 1.81 bits per heavy atom. The standard InChI is InChI=1S/C18H23ClN4O3/c1-4-22(5-2)11-10-20-12(3)15-16(24)21-18(26)23(17(15)25)14-8-6-13(19)7-9-14/h6-9,15H,4-5,10-11H2,1-3H3,(H,21,24,26)/p+1. The van der Waals surface area contributed by atoms with E-state index in [1.165, 1.54) is 4.90 Å². The van der Waals surface area contributed by atoms with E-state index in [0.717, 1.165) is 24.5 Å². The second-order valence-electron chi connectivity index (χ2n) is 6.11. The van der Waals surface area contributed by atoms with Gasteiger partial charge in [0, 0.05) is 10.7 Å².